The first-order chi connectivity index (χ1) is 14.1. The zero-order valence-corrected chi connectivity index (χ0v) is 16.4. The lowest BCUT2D eigenvalue weighted by molar-refractivity contribution is 0.0697. The maximum absolute atomic E-state index is 11.1. The Morgan fingerprint density at radius 3 is 2.62 bits per heavy atom. The molecule has 0 radical (unpaired) electrons. The highest BCUT2D eigenvalue weighted by molar-refractivity contribution is 6.33. The third kappa shape index (κ3) is 5.49. The van der Waals surface area contributed by atoms with Crippen molar-refractivity contribution in [3.63, 3.8) is 0 Å². The van der Waals surface area contributed by atoms with Gasteiger partial charge < -0.3 is 14.6 Å². The molecule has 0 fully saturated rings. The fourth-order valence-electron chi connectivity index (χ4n) is 2.56. The second-order valence-corrected chi connectivity index (χ2v) is 6.46. The zero-order chi connectivity index (χ0) is 20.6. The average Bonchev–Trinajstić information content (AvgIpc) is 2.74. The molecule has 3 aromatic carbocycles. The van der Waals surface area contributed by atoms with E-state index in [0.29, 0.717) is 23.8 Å². The van der Waals surface area contributed by atoms with Gasteiger partial charge in [0.25, 0.3) is 0 Å². The van der Waals surface area contributed by atoms with Gasteiger partial charge >= 0.3 is 5.97 Å². The number of aromatic carboxylic acids is 1. The monoisotopic (exact) mass is 410 g/mol. The fraction of sp³-hybridized carbons (Fsp3) is 0.0909. The van der Waals surface area contributed by atoms with Crippen LogP contribution in [0.3, 0.4) is 0 Å². The second kappa shape index (κ2) is 9.61. The lowest BCUT2D eigenvalue weighted by Crippen LogP contribution is -2.00. The van der Waals surface area contributed by atoms with Crippen LogP contribution in [0.1, 0.15) is 21.5 Å². The van der Waals surface area contributed by atoms with Crippen molar-refractivity contribution in [1.29, 1.82) is 0 Å². The molecule has 0 aliphatic heterocycles. The SMILES string of the molecule is COc1cc(C=NNc2ccc(Cl)c(C(=O)O)c2)ccc1OCc1ccccc1. The van der Waals surface area contributed by atoms with Crippen molar-refractivity contribution in [2.45, 2.75) is 6.61 Å². The summed E-state index contributed by atoms with van der Waals surface area (Å²) < 4.78 is 11.2. The Hall–Kier alpha value is -3.51. The zero-order valence-electron chi connectivity index (χ0n) is 15.6. The molecule has 0 atom stereocenters. The Balaban J connectivity index is 1.66. The smallest absolute Gasteiger partial charge is 0.337 e. The molecule has 2 N–H and O–H groups in total. The van der Waals surface area contributed by atoms with Gasteiger partial charge in [-0.3, -0.25) is 5.43 Å². The van der Waals surface area contributed by atoms with Crippen molar-refractivity contribution in [2.24, 2.45) is 5.10 Å². The molecule has 0 bridgehead atoms. The van der Waals surface area contributed by atoms with Crippen LogP contribution in [-0.4, -0.2) is 24.4 Å². The topological polar surface area (TPSA) is 80.2 Å². The number of nitrogens with zero attached hydrogens (tertiary/aromatic N) is 1. The average molecular weight is 411 g/mol. The third-order valence-corrected chi connectivity index (χ3v) is 4.36. The molecule has 0 unspecified atom stereocenters. The number of hydrazone groups is 1. The van der Waals surface area contributed by atoms with E-state index in [4.69, 9.17) is 26.2 Å². The van der Waals surface area contributed by atoms with Crippen molar-refractivity contribution in [3.05, 3.63) is 88.4 Å². The molecular formula is C22H19ClN2O4. The Labute approximate surface area is 173 Å². The van der Waals surface area contributed by atoms with Gasteiger partial charge in [0.15, 0.2) is 11.5 Å². The maximum Gasteiger partial charge on any atom is 0.337 e. The number of rotatable bonds is 8. The Morgan fingerprint density at radius 1 is 1.10 bits per heavy atom. The van der Waals surface area contributed by atoms with Crippen molar-refractivity contribution < 1.29 is 19.4 Å². The Kier molecular flexibility index (Phi) is 6.71. The van der Waals surface area contributed by atoms with E-state index in [1.165, 1.54) is 12.1 Å². The van der Waals surface area contributed by atoms with Gasteiger partial charge in [0, 0.05) is 0 Å². The standard InChI is InChI=1S/C22H19ClN2O4/c1-28-21-11-16(7-10-20(21)29-14-15-5-3-2-4-6-15)13-24-25-17-8-9-19(23)18(12-17)22(26)27/h2-13,25H,14H2,1H3,(H,26,27). The van der Waals surface area contributed by atoms with E-state index >= 15 is 0 Å². The minimum atomic E-state index is -1.10. The van der Waals surface area contributed by atoms with Crippen molar-refractivity contribution in [1.82, 2.24) is 0 Å². The summed E-state index contributed by atoms with van der Waals surface area (Å²) in [5.41, 5.74) is 5.16. The third-order valence-electron chi connectivity index (χ3n) is 4.03. The highest BCUT2D eigenvalue weighted by atomic mass is 35.5. The Bertz CT molecular complexity index is 1020. The molecule has 0 aliphatic rings. The van der Waals surface area contributed by atoms with Gasteiger partial charge in [0.05, 0.1) is 29.6 Å². The highest BCUT2D eigenvalue weighted by Crippen LogP contribution is 2.28. The van der Waals surface area contributed by atoms with Gasteiger partial charge in [-0.15, -0.1) is 0 Å². The van der Waals surface area contributed by atoms with Crippen LogP contribution < -0.4 is 14.9 Å². The maximum atomic E-state index is 11.1. The molecule has 0 amide bonds. The van der Waals surface area contributed by atoms with Crippen LogP contribution in [0.5, 0.6) is 11.5 Å². The number of nitrogens with one attached hydrogen (secondary N) is 1. The molecule has 3 aromatic rings. The van der Waals surface area contributed by atoms with Crippen LogP contribution in [0, 0.1) is 0 Å². The molecule has 3 rings (SSSR count). The normalized spacial score (nSPS) is 10.7. The van der Waals surface area contributed by atoms with Crippen LogP contribution in [-0.2, 0) is 6.61 Å². The number of carboxylic acids is 1. The highest BCUT2D eigenvalue weighted by Gasteiger charge is 2.09. The minimum absolute atomic E-state index is 0.00783. The molecule has 0 aliphatic carbocycles. The van der Waals surface area contributed by atoms with Gasteiger partial charge in [-0.05, 0) is 47.5 Å². The number of hydrogen-bond acceptors (Lipinski definition) is 5. The van der Waals surface area contributed by atoms with E-state index < -0.39 is 5.97 Å². The number of hydrogen-bond donors (Lipinski definition) is 2. The predicted molar refractivity (Wildman–Crippen MR) is 113 cm³/mol. The first-order valence-corrected chi connectivity index (χ1v) is 9.11. The van der Waals surface area contributed by atoms with E-state index in [1.54, 1.807) is 25.5 Å². The number of methoxy groups -OCH3 is 1. The summed E-state index contributed by atoms with van der Waals surface area (Å²) in [6.45, 7) is 0.439. The molecule has 29 heavy (non-hydrogen) atoms. The summed E-state index contributed by atoms with van der Waals surface area (Å²) in [5.74, 6) is 0.119. The molecule has 0 saturated heterocycles. The Morgan fingerprint density at radius 2 is 1.90 bits per heavy atom. The molecule has 6 nitrogen and oxygen atoms in total. The van der Waals surface area contributed by atoms with E-state index in [-0.39, 0.29) is 10.6 Å². The minimum Gasteiger partial charge on any atom is -0.493 e. The first kappa shape index (κ1) is 20.2. The number of halogens is 1. The molecule has 0 spiro atoms. The van der Waals surface area contributed by atoms with Gasteiger partial charge in [-0.1, -0.05) is 41.9 Å². The molecular weight excluding hydrogens is 392 g/mol. The molecule has 7 heteroatoms. The lowest BCUT2D eigenvalue weighted by Gasteiger charge is -2.11. The molecule has 0 aromatic heterocycles. The fourth-order valence-corrected chi connectivity index (χ4v) is 2.76. The largest absolute Gasteiger partial charge is 0.493 e. The van der Waals surface area contributed by atoms with E-state index in [0.717, 1.165) is 11.1 Å². The quantitative estimate of drug-likeness (QED) is 0.400. The second-order valence-electron chi connectivity index (χ2n) is 6.05. The van der Waals surface area contributed by atoms with Crippen LogP contribution in [0.15, 0.2) is 71.8 Å². The molecule has 0 heterocycles. The van der Waals surface area contributed by atoms with Crippen molar-refractivity contribution in [2.75, 3.05) is 12.5 Å². The summed E-state index contributed by atoms with van der Waals surface area (Å²) in [4.78, 5) is 11.1. The van der Waals surface area contributed by atoms with E-state index in [1.807, 2.05) is 42.5 Å². The van der Waals surface area contributed by atoms with Crippen molar-refractivity contribution in [3.8, 4) is 11.5 Å². The lowest BCUT2D eigenvalue weighted by atomic mass is 10.2. The molecule has 148 valence electrons. The van der Waals surface area contributed by atoms with Gasteiger partial charge in [-0.2, -0.15) is 5.10 Å². The van der Waals surface area contributed by atoms with Gasteiger partial charge in [0.2, 0.25) is 0 Å². The number of carbonyl (C=O) groups is 1. The molecule has 0 saturated carbocycles. The van der Waals surface area contributed by atoms with Crippen LogP contribution in [0.2, 0.25) is 5.02 Å². The van der Waals surface area contributed by atoms with Gasteiger partial charge in [0.1, 0.15) is 6.61 Å². The summed E-state index contributed by atoms with van der Waals surface area (Å²) in [6, 6.07) is 19.9. The first-order valence-electron chi connectivity index (χ1n) is 8.73. The van der Waals surface area contributed by atoms with E-state index in [9.17, 15) is 4.79 Å². The number of ether oxygens (including phenoxy) is 2. The summed E-state index contributed by atoms with van der Waals surface area (Å²) in [5, 5.41) is 13.4. The predicted octanol–water partition coefficient (Wildman–Crippen LogP) is 5.07. The van der Waals surface area contributed by atoms with Gasteiger partial charge in [-0.25, -0.2) is 4.79 Å². The van der Waals surface area contributed by atoms with E-state index in [2.05, 4.69) is 10.5 Å². The summed E-state index contributed by atoms with van der Waals surface area (Å²) >= 11 is 5.86. The number of benzene rings is 3. The van der Waals surface area contributed by atoms with Crippen LogP contribution in [0.25, 0.3) is 0 Å². The van der Waals surface area contributed by atoms with Crippen LogP contribution in [0.4, 0.5) is 5.69 Å². The summed E-state index contributed by atoms with van der Waals surface area (Å²) in [6.07, 6.45) is 1.60. The number of carboxylic acid groups (broad SMARTS) is 1. The summed E-state index contributed by atoms with van der Waals surface area (Å²) in [7, 11) is 1.57. The van der Waals surface area contributed by atoms with Crippen molar-refractivity contribution >= 4 is 29.5 Å². The van der Waals surface area contributed by atoms with Crippen LogP contribution >= 0.6 is 11.6 Å². The number of anilines is 1.